The normalized spacial score (nSPS) is 26.2. The van der Waals surface area contributed by atoms with Gasteiger partial charge in [0.25, 0.3) is 0 Å². The standard InChI is InChI=1S/C14H20N6O4/c1-8(2)12(21)23-7-14(18-19-16)6-9(3)11(24-14)20-5-4-10(15)17-13(20)22/h4-5,8-9,11H,6-7H2,1-3H3,(H2,15,17,22)/t9-,11+,14-/m0/s1. The highest BCUT2D eigenvalue weighted by atomic mass is 16.6. The molecule has 0 saturated carbocycles. The van der Waals surface area contributed by atoms with Crippen molar-refractivity contribution in [2.24, 2.45) is 17.0 Å². The van der Waals surface area contributed by atoms with Gasteiger partial charge in [0.15, 0.2) is 5.72 Å². The molecule has 0 unspecified atom stereocenters. The molecule has 10 nitrogen and oxygen atoms in total. The van der Waals surface area contributed by atoms with Crippen LogP contribution in [0.15, 0.2) is 22.2 Å². The van der Waals surface area contributed by atoms with E-state index in [9.17, 15) is 9.59 Å². The quantitative estimate of drug-likeness (QED) is 0.374. The van der Waals surface area contributed by atoms with Gasteiger partial charge in [0.2, 0.25) is 0 Å². The fourth-order valence-electron chi connectivity index (χ4n) is 2.56. The number of ether oxygens (including phenoxy) is 2. The van der Waals surface area contributed by atoms with Crippen molar-refractivity contribution in [3.8, 4) is 0 Å². The molecule has 2 rings (SSSR count). The van der Waals surface area contributed by atoms with Gasteiger partial charge < -0.3 is 15.2 Å². The first-order valence-corrected chi connectivity index (χ1v) is 7.53. The largest absolute Gasteiger partial charge is 0.462 e. The van der Waals surface area contributed by atoms with Crippen LogP contribution in [0.1, 0.15) is 33.4 Å². The number of carbonyl (C=O) groups is 1. The molecule has 130 valence electrons. The molecule has 0 radical (unpaired) electrons. The predicted molar refractivity (Wildman–Crippen MR) is 84.5 cm³/mol. The number of nitrogen functional groups attached to an aromatic ring is 1. The molecule has 2 N–H and O–H groups in total. The van der Waals surface area contributed by atoms with Crippen LogP contribution in [-0.4, -0.2) is 27.9 Å². The summed E-state index contributed by atoms with van der Waals surface area (Å²) < 4.78 is 12.3. The zero-order chi connectivity index (χ0) is 17.9. The Labute approximate surface area is 138 Å². The second-order valence-corrected chi connectivity index (χ2v) is 6.13. The third kappa shape index (κ3) is 3.66. The first kappa shape index (κ1) is 17.8. The van der Waals surface area contributed by atoms with Crippen LogP contribution in [0, 0.1) is 11.8 Å². The van der Waals surface area contributed by atoms with Crippen molar-refractivity contribution >= 4 is 11.8 Å². The van der Waals surface area contributed by atoms with Crippen LogP contribution in [0.3, 0.4) is 0 Å². The summed E-state index contributed by atoms with van der Waals surface area (Å²) in [4.78, 5) is 30.1. The Morgan fingerprint density at radius 1 is 1.71 bits per heavy atom. The summed E-state index contributed by atoms with van der Waals surface area (Å²) in [7, 11) is 0. The van der Waals surface area contributed by atoms with Gasteiger partial charge in [0.05, 0.1) is 5.92 Å². The molecular formula is C14H20N6O4. The molecule has 0 aliphatic carbocycles. The van der Waals surface area contributed by atoms with Crippen LogP contribution in [0.2, 0.25) is 0 Å². The van der Waals surface area contributed by atoms with Gasteiger partial charge in [-0.25, -0.2) is 4.79 Å². The molecule has 3 atom stereocenters. The lowest BCUT2D eigenvalue weighted by atomic mass is 10.0. The first-order valence-electron chi connectivity index (χ1n) is 7.53. The van der Waals surface area contributed by atoms with E-state index in [1.807, 2.05) is 6.92 Å². The molecule has 1 aliphatic rings. The number of nitrogens with two attached hydrogens (primary N) is 1. The molecule has 0 spiro atoms. The highest BCUT2D eigenvalue weighted by molar-refractivity contribution is 5.71. The van der Waals surface area contributed by atoms with Gasteiger partial charge in [-0.3, -0.25) is 9.36 Å². The summed E-state index contributed by atoms with van der Waals surface area (Å²) in [5.74, 6) is -0.800. The van der Waals surface area contributed by atoms with E-state index in [1.165, 1.54) is 16.8 Å². The van der Waals surface area contributed by atoms with Crippen molar-refractivity contribution in [2.45, 2.75) is 39.1 Å². The monoisotopic (exact) mass is 336 g/mol. The van der Waals surface area contributed by atoms with Crippen LogP contribution in [0.4, 0.5) is 5.82 Å². The van der Waals surface area contributed by atoms with Crippen LogP contribution in [0.25, 0.3) is 10.4 Å². The number of carbonyl (C=O) groups excluding carboxylic acids is 1. The van der Waals surface area contributed by atoms with Gasteiger partial charge in [-0.2, -0.15) is 4.98 Å². The SMILES string of the molecule is CC(C)C(=O)OC[C@]1(N=[N+]=[N-])C[C@H](C)[C@H](n2ccc(N)nc2=O)O1. The Morgan fingerprint density at radius 2 is 2.42 bits per heavy atom. The highest BCUT2D eigenvalue weighted by Crippen LogP contribution is 2.41. The molecule has 1 aliphatic heterocycles. The second kappa shape index (κ2) is 6.90. The Balaban J connectivity index is 2.25. The number of aromatic nitrogens is 2. The van der Waals surface area contributed by atoms with Gasteiger partial charge in [0, 0.05) is 17.0 Å². The molecule has 0 bridgehead atoms. The number of anilines is 1. The first-order chi connectivity index (χ1) is 11.3. The average molecular weight is 336 g/mol. The van der Waals surface area contributed by atoms with E-state index >= 15 is 0 Å². The zero-order valence-corrected chi connectivity index (χ0v) is 13.7. The fourth-order valence-corrected chi connectivity index (χ4v) is 2.56. The smallest absolute Gasteiger partial charge is 0.351 e. The van der Waals surface area contributed by atoms with Crippen molar-refractivity contribution < 1.29 is 14.3 Å². The Bertz CT molecular complexity index is 726. The van der Waals surface area contributed by atoms with Gasteiger partial charge in [0.1, 0.15) is 18.7 Å². The number of esters is 1. The molecule has 1 aromatic rings. The summed E-state index contributed by atoms with van der Waals surface area (Å²) in [6, 6.07) is 1.48. The van der Waals surface area contributed by atoms with Crippen LogP contribution in [0.5, 0.6) is 0 Å². The molecule has 2 heterocycles. The van der Waals surface area contributed by atoms with E-state index in [1.54, 1.807) is 13.8 Å². The minimum absolute atomic E-state index is 0.106. The fraction of sp³-hybridized carbons (Fsp3) is 0.643. The van der Waals surface area contributed by atoms with E-state index in [-0.39, 0.29) is 24.3 Å². The summed E-state index contributed by atoms with van der Waals surface area (Å²) in [5.41, 5.74) is 12.4. The number of azide groups is 1. The van der Waals surface area contributed by atoms with Crippen LogP contribution < -0.4 is 11.4 Å². The van der Waals surface area contributed by atoms with Crippen LogP contribution in [-0.2, 0) is 14.3 Å². The van der Waals surface area contributed by atoms with Crippen LogP contribution >= 0.6 is 0 Å². The maximum atomic E-state index is 12.0. The molecule has 1 saturated heterocycles. The van der Waals surface area contributed by atoms with Gasteiger partial charge in [-0.1, -0.05) is 25.9 Å². The molecule has 0 amide bonds. The van der Waals surface area contributed by atoms with Gasteiger partial charge >= 0.3 is 11.7 Å². The number of nitrogens with zero attached hydrogens (tertiary/aromatic N) is 5. The topological polar surface area (TPSA) is 145 Å². The third-order valence-corrected chi connectivity index (χ3v) is 3.73. The number of hydrogen-bond donors (Lipinski definition) is 1. The van der Waals surface area contributed by atoms with Gasteiger partial charge in [-0.05, 0) is 18.0 Å². The maximum Gasteiger partial charge on any atom is 0.351 e. The second-order valence-electron chi connectivity index (χ2n) is 6.13. The van der Waals surface area contributed by atoms with Crippen molar-refractivity contribution in [3.05, 3.63) is 33.2 Å². The molecular weight excluding hydrogens is 316 g/mol. The zero-order valence-electron chi connectivity index (χ0n) is 13.7. The lowest BCUT2D eigenvalue weighted by molar-refractivity contribution is -0.161. The van der Waals surface area contributed by atoms with Crippen molar-refractivity contribution in [1.82, 2.24) is 9.55 Å². The lowest BCUT2D eigenvalue weighted by Crippen LogP contribution is -2.35. The molecule has 24 heavy (non-hydrogen) atoms. The van der Waals surface area contributed by atoms with E-state index in [0.717, 1.165) is 0 Å². The maximum absolute atomic E-state index is 12.0. The number of rotatable bonds is 5. The van der Waals surface area contributed by atoms with E-state index in [0.29, 0.717) is 6.42 Å². The van der Waals surface area contributed by atoms with Crippen molar-refractivity contribution in [2.75, 3.05) is 12.3 Å². The predicted octanol–water partition coefficient (Wildman–Crippen LogP) is 1.59. The number of hydrogen-bond acceptors (Lipinski definition) is 7. The summed E-state index contributed by atoms with van der Waals surface area (Å²) in [6.07, 6.45) is 1.07. The van der Waals surface area contributed by atoms with Crippen molar-refractivity contribution in [1.29, 1.82) is 0 Å². The third-order valence-electron chi connectivity index (χ3n) is 3.73. The Morgan fingerprint density at radius 3 is 3.00 bits per heavy atom. The van der Waals surface area contributed by atoms with E-state index < -0.39 is 23.6 Å². The van der Waals surface area contributed by atoms with E-state index in [4.69, 9.17) is 20.7 Å². The summed E-state index contributed by atoms with van der Waals surface area (Å²) in [5, 5.41) is 3.68. The van der Waals surface area contributed by atoms with E-state index in [2.05, 4.69) is 15.0 Å². The summed E-state index contributed by atoms with van der Waals surface area (Å²) >= 11 is 0. The molecule has 10 heteroatoms. The highest BCUT2D eigenvalue weighted by Gasteiger charge is 2.46. The lowest BCUT2D eigenvalue weighted by Gasteiger charge is -2.24. The molecule has 1 fully saturated rings. The minimum atomic E-state index is -1.36. The summed E-state index contributed by atoms with van der Waals surface area (Å²) in [6.45, 7) is 5.02. The Hall–Kier alpha value is -2.58. The molecule has 0 aromatic carbocycles. The average Bonchev–Trinajstić information content (AvgIpc) is 2.82. The minimum Gasteiger partial charge on any atom is -0.462 e. The Kier molecular flexibility index (Phi) is 5.10. The molecule has 1 aromatic heterocycles. The van der Waals surface area contributed by atoms with Gasteiger partial charge in [-0.15, -0.1) is 0 Å². The van der Waals surface area contributed by atoms with Crippen molar-refractivity contribution in [3.63, 3.8) is 0 Å².